The standard InChI is InChI=1S/C14H16FN3O/c1-16-12(9-10-5-3-4-6-11(10)15)13-14(19-2)18-8-7-17-13/h3-8,12,16H,9H2,1-2H3. The van der Waals surface area contributed by atoms with Crippen LogP contribution >= 0.6 is 0 Å². The Balaban J connectivity index is 2.28. The average molecular weight is 261 g/mol. The first-order chi connectivity index (χ1) is 9.26. The van der Waals surface area contributed by atoms with Crippen molar-refractivity contribution >= 4 is 0 Å². The average Bonchev–Trinajstić information content (AvgIpc) is 2.46. The number of hydrogen-bond acceptors (Lipinski definition) is 4. The number of methoxy groups -OCH3 is 1. The molecule has 1 atom stereocenters. The van der Waals surface area contributed by atoms with Gasteiger partial charge in [-0.3, -0.25) is 4.98 Å². The number of halogens is 1. The van der Waals surface area contributed by atoms with Crippen LogP contribution in [0.4, 0.5) is 4.39 Å². The number of aromatic nitrogens is 2. The Kier molecular flexibility index (Phi) is 4.41. The Hall–Kier alpha value is -2.01. The number of benzene rings is 1. The molecule has 0 saturated carbocycles. The maximum absolute atomic E-state index is 13.7. The fourth-order valence-electron chi connectivity index (χ4n) is 1.95. The zero-order chi connectivity index (χ0) is 13.7. The van der Waals surface area contributed by atoms with Crippen LogP contribution < -0.4 is 10.1 Å². The lowest BCUT2D eigenvalue weighted by Gasteiger charge is -2.17. The van der Waals surface area contributed by atoms with Crippen LogP contribution in [0.5, 0.6) is 5.88 Å². The van der Waals surface area contributed by atoms with Gasteiger partial charge in [0.05, 0.1) is 13.2 Å². The Morgan fingerprint density at radius 3 is 2.68 bits per heavy atom. The lowest BCUT2D eigenvalue weighted by Crippen LogP contribution is -2.21. The van der Waals surface area contributed by atoms with Gasteiger partial charge in [0, 0.05) is 12.4 Å². The molecular weight excluding hydrogens is 245 g/mol. The summed E-state index contributed by atoms with van der Waals surface area (Å²) in [5, 5.41) is 3.12. The molecule has 0 bridgehead atoms. The first kappa shape index (κ1) is 13.4. The van der Waals surface area contributed by atoms with Crippen LogP contribution in [0, 0.1) is 5.82 Å². The molecule has 0 aliphatic rings. The summed E-state index contributed by atoms with van der Waals surface area (Å²) >= 11 is 0. The van der Waals surface area contributed by atoms with Crippen molar-refractivity contribution in [2.24, 2.45) is 0 Å². The Labute approximate surface area is 111 Å². The molecule has 2 rings (SSSR count). The molecule has 1 aromatic heterocycles. The third-order valence-electron chi connectivity index (χ3n) is 2.94. The van der Waals surface area contributed by atoms with Crippen molar-refractivity contribution in [1.29, 1.82) is 0 Å². The maximum atomic E-state index is 13.7. The first-order valence-corrected chi connectivity index (χ1v) is 6.01. The van der Waals surface area contributed by atoms with E-state index in [1.54, 1.807) is 38.7 Å². The van der Waals surface area contributed by atoms with Crippen LogP contribution in [0.15, 0.2) is 36.7 Å². The van der Waals surface area contributed by atoms with Crippen molar-refractivity contribution in [3.05, 3.63) is 53.7 Å². The van der Waals surface area contributed by atoms with E-state index in [1.165, 1.54) is 6.07 Å². The molecular formula is C14H16FN3O. The van der Waals surface area contributed by atoms with Gasteiger partial charge in [-0.2, -0.15) is 0 Å². The van der Waals surface area contributed by atoms with E-state index in [2.05, 4.69) is 15.3 Å². The Bertz CT molecular complexity index is 548. The molecule has 4 nitrogen and oxygen atoms in total. The van der Waals surface area contributed by atoms with Crippen LogP contribution in [-0.2, 0) is 6.42 Å². The Morgan fingerprint density at radius 2 is 2.00 bits per heavy atom. The lowest BCUT2D eigenvalue weighted by atomic mass is 10.0. The van der Waals surface area contributed by atoms with E-state index in [-0.39, 0.29) is 11.9 Å². The molecule has 0 aliphatic carbocycles. The highest BCUT2D eigenvalue weighted by atomic mass is 19.1. The molecule has 2 aromatic rings. The molecule has 5 heteroatoms. The Morgan fingerprint density at radius 1 is 1.26 bits per heavy atom. The molecule has 1 aromatic carbocycles. The van der Waals surface area contributed by atoms with Gasteiger partial charge in [-0.1, -0.05) is 18.2 Å². The third-order valence-corrected chi connectivity index (χ3v) is 2.94. The van der Waals surface area contributed by atoms with Crippen molar-refractivity contribution in [2.75, 3.05) is 14.2 Å². The molecule has 1 unspecified atom stereocenters. The van der Waals surface area contributed by atoms with Crippen LogP contribution in [0.3, 0.4) is 0 Å². The van der Waals surface area contributed by atoms with E-state index in [1.807, 2.05) is 6.07 Å². The van der Waals surface area contributed by atoms with Gasteiger partial charge in [0.25, 0.3) is 0 Å². The van der Waals surface area contributed by atoms with Crippen molar-refractivity contribution in [2.45, 2.75) is 12.5 Å². The summed E-state index contributed by atoms with van der Waals surface area (Å²) in [5.41, 5.74) is 1.31. The summed E-state index contributed by atoms with van der Waals surface area (Å²) in [5.74, 6) is 0.240. The van der Waals surface area contributed by atoms with Crippen LogP contribution in [0.25, 0.3) is 0 Å². The van der Waals surface area contributed by atoms with Crippen molar-refractivity contribution in [3.8, 4) is 5.88 Å². The second kappa shape index (κ2) is 6.24. The van der Waals surface area contributed by atoms with E-state index < -0.39 is 0 Å². The monoisotopic (exact) mass is 261 g/mol. The molecule has 100 valence electrons. The summed E-state index contributed by atoms with van der Waals surface area (Å²) in [7, 11) is 3.35. The minimum atomic E-state index is -0.217. The molecule has 0 amide bonds. The highest BCUT2D eigenvalue weighted by Gasteiger charge is 2.18. The topological polar surface area (TPSA) is 47.0 Å². The molecule has 0 aliphatic heterocycles. The number of rotatable bonds is 5. The van der Waals surface area contributed by atoms with E-state index >= 15 is 0 Å². The van der Waals surface area contributed by atoms with E-state index in [9.17, 15) is 4.39 Å². The summed E-state index contributed by atoms with van der Waals surface area (Å²) in [6, 6.07) is 6.56. The molecule has 1 N–H and O–H groups in total. The molecule has 19 heavy (non-hydrogen) atoms. The smallest absolute Gasteiger partial charge is 0.237 e. The number of likely N-dealkylation sites (N-methyl/N-ethyl adjacent to an activating group) is 1. The van der Waals surface area contributed by atoms with Gasteiger partial charge < -0.3 is 10.1 Å². The van der Waals surface area contributed by atoms with Crippen molar-refractivity contribution in [3.63, 3.8) is 0 Å². The zero-order valence-electron chi connectivity index (χ0n) is 10.9. The SMILES string of the molecule is CNC(Cc1ccccc1F)c1nccnc1OC. The van der Waals surface area contributed by atoms with Gasteiger partial charge >= 0.3 is 0 Å². The second-order valence-electron chi connectivity index (χ2n) is 4.09. The van der Waals surface area contributed by atoms with Gasteiger partial charge in [0.15, 0.2) is 0 Å². The van der Waals surface area contributed by atoms with Crippen LogP contribution in [-0.4, -0.2) is 24.1 Å². The third kappa shape index (κ3) is 3.06. The fraction of sp³-hybridized carbons (Fsp3) is 0.286. The quantitative estimate of drug-likeness (QED) is 0.895. The number of hydrogen-bond donors (Lipinski definition) is 1. The van der Waals surface area contributed by atoms with E-state index in [0.29, 0.717) is 23.6 Å². The normalized spacial score (nSPS) is 12.2. The highest BCUT2D eigenvalue weighted by Crippen LogP contribution is 2.23. The number of nitrogens with one attached hydrogen (secondary N) is 1. The van der Waals surface area contributed by atoms with Crippen LogP contribution in [0.2, 0.25) is 0 Å². The minimum Gasteiger partial charge on any atom is -0.480 e. The van der Waals surface area contributed by atoms with Crippen molar-refractivity contribution in [1.82, 2.24) is 15.3 Å². The highest BCUT2D eigenvalue weighted by molar-refractivity contribution is 5.25. The van der Waals surface area contributed by atoms with Gasteiger partial charge in [0.2, 0.25) is 5.88 Å². The summed E-state index contributed by atoms with van der Waals surface area (Å²) < 4.78 is 18.9. The minimum absolute atomic E-state index is 0.152. The fourth-order valence-corrected chi connectivity index (χ4v) is 1.95. The zero-order valence-corrected chi connectivity index (χ0v) is 10.9. The summed E-state index contributed by atoms with van der Waals surface area (Å²) in [6.45, 7) is 0. The molecule has 1 heterocycles. The largest absolute Gasteiger partial charge is 0.480 e. The predicted molar refractivity (Wildman–Crippen MR) is 70.5 cm³/mol. The second-order valence-corrected chi connectivity index (χ2v) is 4.09. The summed E-state index contributed by atoms with van der Waals surface area (Å²) in [4.78, 5) is 8.39. The van der Waals surface area contributed by atoms with Crippen molar-refractivity contribution < 1.29 is 9.13 Å². The molecule has 0 saturated heterocycles. The lowest BCUT2D eigenvalue weighted by molar-refractivity contribution is 0.379. The number of ether oxygens (including phenoxy) is 1. The van der Waals surface area contributed by atoms with E-state index in [4.69, 9.17) is 4.74 Å². The predicted octanol–water partition coefficient (Wildman–Crippen LogP) is 2.13. The van der Waals surface area contributed by atoms with Gasteiger partial charge in [0.1, 0.15) is 11.5 Å². The molecule has 0 spiro atoms. The van der Waals surface area contributed by atoms with Gasteiger partial charge in [-0.25, -0.2) is 9.37 Å². The van der Waals surface area contributed by atoms with Crippen LogP contribution in [0.1, 0.15) is 17.3 Å². The van der Waals surface area contributed by atoms with Gasteiger partial charge in [-0.15, -0.1) is 0 Å². The number of nitrogens with zero attached hydrogens (tertiary/aromatic N) is 2. The first-order valence-electron chi connectivity index (χ1n) is 6.01. The van der Waals surface area contributed by atoms with Gasteiger partial charge in [-0.05, 0) is 25.1 Å². The van der Waals surface area contributed by atoms with E-state index in [0.717, 1.165) is 0 Å². The maximum Gasteiger partial charge on any atom is 0.237 e. The molecule has 0 radical (unpaired) electrons. The molecule has 0 fully saturated rings. The summed E-state index contributed by atoms with van der Waals surface area (Å²) in [6.07, 6.45) is 3.65.